The summed E-state index contributed by atoms with van der Waals surface area (Å²) in [5, 5.41) is 3.68. The van der Waals surface area contributed by atoms with Crippen molar-refractivity contribution in [2.24, 2.45) is 23.5 Å². The van der Waals surface area contributed by atoms with Crippen LogP contribution < -0.4 is 11.1 Å². The van der Waals surface area contributed by atoms with Crippen molar-refractivity contribution in [2.75, 3.05) is 13.1 Å². The van der Waals surface area contributed by atoms with Crippen LogP contribution >= 0.6 is 0 Å². The normalized spacial score (nSPS) is 29.8. The summed E-state index contributed by atoms with van der Waals surface area (Å²) in [4.78, 5) is 0. The summed E-state index contributed by atoms with van der Waals surface area (Å²) in [6, 6.07) is 0.753. The van der Waals surface area contributed by atoms with E-state index in [1.807, 2.05) is 0 Å². The predicted molar refractivity (Wildman–Crippen MR) is 62.2 cm³/mol. The van der Waals surface area contributed by atoms with Gasteiger partial charge in [0.25, 0.3) is 0 Å². The van der Waals surface area contributed by atoms with Crippen molar-refractivity contribution in [1.82, 2.24) is 5.32 Å². The summed E-state index contributed by atoms with van der Waals surface area (Å²) >= 11 is 0. The van der Waals surface area contributed by atoms with Crippen LogP contribution in [0.1, 0.15) is 40.0 Å². The summed E-state index contributed by atoms with van der Waals surface area (Å²) in [6.07, 6.45) is 4.15. The maximum atomic E-state index is 5.75. The van der Waals surface area contributed by atoms with E-state index in [2.05, 4.69) is 26.1 Å². The minimum absolute atomic E-state index is 0.641. The molecule has 0 bridgehead atoms. The molecule has 14 heavy (non-hydrogen) atoms. The molecule has 84 valence electrons. The van der Waals surface area contributed by atoms with Gasteiger partial charge in [0.15, 0.2) is 0 Å². The standard InChI is InChI=1S/C12H26N2/c1-9(2)11(7-13)8-14-12-6-4-5-10(12)3/h9-12,14H,4-8,13H2,1-3H3. The van der Waals surface area contributed by atoms with Gasteiger partial charge in [-0.05, 0) is 43.7 Å². The van der Waals surface area contributed by atoms with E-state index in [9.17, 15) is 0 Å². The molecular weight excluding hydrogens is 172 g/mol. The minimum atomic E-state index is 0.641. The van der Waals surface area contributed by atoms with Gasteiger partial charge in [0.1, 0.15) is 0 Å². The van der Waals surface area contributed by atoms with Gasteiger partial charge in [0.2, 0.25) is 0 Å². The van der Waals surface area contributed by atoms with Gasteiger partial charge in [0.05, 0.1) is 0 Å². The Bertz CT molecular complexity index is 154. The molecule has 1 aliphatic rings. The summed E-state index contributed by atoms with van der Waals surface area (Å²) in [6.45, 7) is 8.79. The van der Waals surface area contributed by atoms with Gasteiger partial charge in [-0.3, -0.25) is 0 Å². The molecule has 1 aliphatic carbocycles. The molecule has 0 amide bonds. The van der Waals surface area contributed by atoms with Crippen LogP contribution in [-0.2, 0) is 0 Å². The number of hydrogen-bond donors (Lipinski definition) is 2. The maximum Gasteiger partial charge on any atom is 0.00928 e. The largest absolute Gasteiger partial charge is 0.330 e. The van der Waals surface area contributed by atoms with E-state index in [0.717, 1.165) is 25.0 Å². The van der Waals surface area contributed by atoms with Crippen LogP contribution in [0.15, 0.2) is 0 Å². The molecule has 0 radical (unpaired) electrons. The Morgan fingerprint density at radius 2 is 2.07 bits per heavy atom. The lowest BCUT2D eigenvalue weighted by Gasteiger charge is -2.24. The van der Waals surface area contributed by atoms with Gasteiger partial charge in [-0.15, -0.1) is 0 Å². The topological polar surface area (TPSA) is 38.0 Å². The Balaban J connectivity index is 2.24. The SMILES string of the molecule is CC(C)C(CN)CNC1CCCC1C. The second-order valence-electron chi connectivity index (χ2n) is 5.16. The average molecular weight is 198 g/mol. The molecule has 0 heterocycles. The Morgan fingerprint density at radius 1 is 1.36 bits per heavy atom. The Kier molecular flexibility index (Phi) is 4.90. The Hall–Kier alpha value is -0.0800. The zero-order valence-corrected chi connectivity index (χ0v) is 9.92. The second-order valence-corrected chi connectivity index (χ2v) is 5.16. The summed E-state index contributed by atoms with van der Waals surface area (Å²) in [5.41, 5.74) is 5.75. The zero-order chi connectivity index (χ0) is 10.6. The van der Waals surface area contributed by atoms with Crippen molar-refractivity contribution in [3.05, 3.63) is 0 Å². The molecule has 0 spiro atoms. The highest BCUT2D eigenvalue weighted by Crippen LogP contribution is 2.25. The number of nitrogens with two attached hydrogens (primary N) is 1. The van der Waals surface area contributed by atoms with Crippen LogP contribution in [0.5, 0.6) is 0 Å². The van der Waals surface area contributed by atoms with E-state index in [1.165, 1.54) is 19.3 Å². The highest BCUT2D eigenvalue weighted by Gasteiger charge is 2.23. The van der Waals surface area contributed by atoms with E-state index in [4.69, 9.17) is 5.73 Å². The van der Waals surface area contributed by atoms with Crippen LogP contribution in [0, 0.1) is 17.8 Å². The molecule has 1 rings (SSSR count). The molecule has 0 saturated heterocycles. The van der Waals surface area contributed by atoms with E-state index >= 15 is 0 Å². The molecule has 2 heteroatoms. The van der Waals surface area contributed by atoms with Crippen molar-refractivity contribution in [2.45, 2.75) is 46.1 Å². The van der Waals surface area contributed by atoms with Gasteiger partial charge in [0, 0.05) is 6.04 Å². The molecule has 1 fully saturated rings. The smallest absolute Gasteiger partial charge is 0.00928 e. The molecule has 3 atom stereocenters. The van der Waals surface area contributed by atoms with Crippen LogP contribution in [0.3, 0.4) is 0 Å². The van der Waals surface area contributed by atoms with Gasteiger partial charge < -0.3 is 11.1 Å². The predicted octanol–water partition coefficient (Wildman–Crippen LogP) is 2.00. The third kappa shape index (κ3) is 3.25. The maximum absolute atomic E-state index is 5.75. The molecule has 0 aromatic rings. The third-order valence-electron chi connectivity index (χ3n) is 3.75. The quantitative estimate of drug-likeness (QED) is 0.709. The second kappa shape index (κ2) is 5.72. The molecule has 1 saturated carbocycles. The fourth-order valence-electron chi connectivity index (χ4n) is 2.34. The highest BCUT2D eigenvalue weighted by molar-refractivity contribution is 4.81. The third-order valence-corrected chi connectivity index (χ3v) is 3.75. The Labute approximate surface area is 88.6 Å². The first-order valence-electron chi connectivity index (χ1n) is 6.08. The van der Waals surface area contributed by atoms with Gasteiger partial charge in [-0.2, -0.15) is 0 Å². The van der Waals surface area contributed by atoms with E-state index < -0.39 is 0 Å². The Morgan fingerprint density at radius 3 is 2.50 bits per heavy atom. The monoisotopic (exact) mass is 198 g/mol. The lowest BCUT2D eigenvalue weighted by Crippen LogP contribution is -2.38. The molecule has 0 aromatic heterocycles. The molecular formula is C12H26N2. The lowest BCUT2D eigenvalue weighted by molar-refractivity contribution is 0.329. The first-order valence-corrected chi connectivity index (χ1v) is 6.08. The lowest BCUT2D eigenvalue weighted by atomic mass is 9.95. The number of hydrogen-bond acceptors (Lipinski definition) is 2. The molecule has 2 nitrogen and oxygen atoms in total. The van der Waals surface area contributed by atoms with Crippen molar-refractivity contribution in [3.8, 4) is 0 Å². The fraction of sp³-hybridized carbons (Fsp3) is 1.00. The summed E-state index contributed by atoms with van der Waals surface area (Å²) < 4.78 is 0. The highest BCUT2D eigenvalue weighted by atomic mass is 14.9. The number of nitrogens with one attached hydrogen (secondary N) is 1. The molecule has 3 unspecified atom stereocenters. The van der Waals surface area contributed by atoms with Crippen LogP contribution in [0.4, 0.5) is 0 Å². The van der Waals surface area contributed by atoms with Gasteiger partial charge in [-0.1, -0.05) is 27.2 Å². The first-order chi connectivity index (χ1) is 6.65. The van der Waals surface area contributed by atoms with E-state index in [1.54, 1.807) is 0 Å². The first kappa shape index (κ1) is 12.0. The van der Waals surface area contributed by atoms with Crippen LogP contribution in [0.25, 0.3) is 0 Å². The summed E-state index contributed by atoms with van der Waals surface area (Å²) in [5.74, 6) is 2.20. The van der Waals surface area contributed by atoms with Crippen LogP contribution in [0.2, 0.25) is 0 Å². The number of rotatable bonds is 5. The fourth-order valence-corrected chi connectivity index (χ4v) is 2.34. The van der Waals surface area contributed by atoms with Gasteiger partial charge in [-0.25, -0.2) is 0 Å². The minimum Gasteiger partial charge on any atom is -0.330 e. The average Bonchev–Trinajstić information content (AvgIpc) is 2.52. The van der Waals surface area contributed by atoms with Crippen molar-refractivity contribution in [3.63, 3.8) is 0 Å². The van der Waals surface area contributed by atoms with Gasteiger partial charge >= 0.3 is 0 Å². The molecule has 0 aromatic carbocycles. The van der Waals surface area contributed by atoms with Crippen molar-refractivity contribution in [1.29, 1.82) is 0 Å². The molecule has 3 N–H and O–H groups in total. The molecule has 0 aliphatic heterocycles. The van der Waals surface area contributed by atoms with E-state index in [-0.39, 0.29) is 0 Å². The van der Waals surface area contributed by atoms with Crippen molar-refractivity contribution >= 4 is 0 Å². The van der Waals surface area contributed by atoms with Crippen LogP contribution in [-0.4, -0.2) is 19.1 Å². The van der Waals surface area contributed by atoms with Crippen molar-refractivity contribution < 1.29 is 0 Å². The summed E-state index contributed by atoms with van der Waals surface area (Å²) in [7, 11) is 0. The zero-order valence-electron chi connectivity index (χ0n) is 9.92. The van der Waals surface area contributed by atoms with E-state index in [0.29, 0.717) is 11.8 Å².